The predicted octanol–water partition coefficient (Wildman–Crippen LogP) is 27.9. The minimum atomic E-state index is -0.518. The minimum Gasteiger partial charge on any atom is -0.456 e. The lowest BCUT2D eigenvalue weighted by Crippen LogP contribution is -2.61. The highest BCUT2D eigenvalue weighted by Crippen LogP contribution is 2.55. The molecule has 20 rings (SSSR count). The molecule has 0 aliphatic carbocycles. The highest BCUT2D eigenvalue weighted by Gasteiger charge is 2.49. The number of hydrogen-bond acceptors (Lipinski definition) is 4. The summed E-state index contributed by atoms with van der Waals surface area (Å²) in [6, 6.07) is 119. The summed E-state index contributed by atoms with van der Waals surface area (Å²) < 4.78 is 18.5. The van der Waals surface area contributed by atoms with Gasteiger partial charge in [0, 0.05) is 66.2 Å². The molecule has 0 bridgehead atoms. The van der Waals surface area contributed by atoms with Gasteiger partial charge in [0.1, 0.15) is 22.3 Å². The van der Waals surface area contributed by atoms with Crippen LogP contribution in [0.25, 0.3) is 138 Å². The first-order valence-corrected chi connectivity index (χ1v) is 39.6. The fourth-order valence-electron chi connectivity index (χ4n) is 18.1. The fourth-order valence-corrected chi connectivity index (χ4v) is 18.1. The lowest BCUT2D eigenvalue weighted by Gasteiger charge is -2.45. The topological polar surface area (TPSA) is 37.7 Å². The Balaban J connectivity index is 1.02. The third kappa shape index (κ3) is 11.1. The van der Waals surface area contributed by atoms with E-state index in [1.807, 2.05) is 0 Å². The molecule has 0 unspecified atom stereocenters. The molecule has 0 amide bonds. The molecule has 0 spiro atoms. The Labute approximate surface area is 656 Å². The Morgan fingerprint density at radius 2 is 0.571 bits per heavy atom. The lowest BCUT2D eigenvalue weighted by molar-refractivity contribution is 0.568. The molecule has 112 heavy (non-hydrogen) atoms. The molecule has 0 atom stereocenters. The molecule has 0 fully saturated rings. The third-order valence-electron chi connectivity index (χ3n) is 23.9. The van der Waals surface area contributed by atoms with Crippen molar-refractivity contribution in [3.63, 3.8) is 0 Å². The molecule has 0 saturated carbocycles. The quantitative estimate of drug-likeness (QED) is 0.135. The van der Waals surface area contributed by atoms with Crippen LogP contribution in [0.1, 0.15) is 105 Å². The van der Waals surface area contributed by atoms with Crippen LogP contribution >= 0.6 is 0 Å². The van der Waals surface area contributed by atoms with Crippen molar-refractivity contribution in [1.82, 2.24) is 4.57 Å². The molecule has 0 saturated heterocycles. The Bertz CT molecular complexity index is 6380. The number of benzene rings is 15. The van der Waals surface area contributed by atoms with Gasteiger partial charge in [0.2, 0.25) is 0 Å². The van der Waals surface area contributed by atoms with Crippen molar-refractivity contribution in [3.8, 4) is 72.4 Å². The van der Waals surface area contributed by atoms with E-state index in [-0.39, 0.29) is 21.7 Å². The van der Waals surface area contributed by atoms with E-state index < -0.39 is 6.71 Å². The Morgan fingerprint density at radius 1 is 0.241 bits per heavy atom. The number of hydrogen-bond donors (Lipinski definition) is 0. The van der Waals surface area contributed by atoms with E-state index in [0.717, 1.165) is 167 Å². The molecule has 18 aromatic rings. The normalized spacial score (nSPS) is 13.1. The van der Waals surface area contributed by atoms with Crippen molar-refractivity contribution >= 4 is 123 Å². The number of nitrogens with zero attached hydrogens (tertiary/aromatic N) is 3. The first-order chi connectivity index (χ1) is 54.1. The zero-order valence-electron chi connectivity index (χ0n) is 65.8. The van der Waals surface area contributed by atoms with E-state index in [1.54, 1.807) is 0 Å². The molecule has 542 valence electrons. The molecular weight excluding hydrogens is 1360 g/mol. The average molecular weight is 1450 g/mol. The second-order valence-corrected chi connectivity index (χ2v) is 35.2. The summed E-state index contributed by atoms with van der Waals surface area (Å²) in [5.41, 5.74) is 34.0. The van der Waals surface area contributed by atoms with Crippen LogP contribution in [0.5, 0.6) is 0 Å². The van der Waals surface area contributed by atoms with Gasteiger partial charge >= 0.3 is 0 Å². The standard InChI is InChI=1S/C106H88BN3O2/c1-103(2,3)73-53-71(54-74(59-73)104(4,5)6)82-63-92-99(101-96(82)80-43-27-31-47-94(80)111-101)107-98-90(109(92)86-45-29-25-41-78(86)67-37-21-15-22-38-67)61-77(108-88-51-49-69(65-33-17-13-18-34-65)57-84(88)85-58-70(50-52-89(85)108)66-35-19-14-20-36-66)62-91(98)110(87-46-30-26-42-79(87)68-39-23-16-24-40-68)93-64-83(97-81-44-28-32-48-95(81)112-102(97)100(93)107)72-55-75(105(7,8)9)60-76(56-72)106(10,11)12/h13-64H,1-12H3. The van der Waals surface area contributed by atoms with Crippen molar-refractivity contribution in [3.05, 3.63) is 338 Å². The van der Waals surface area contributed by atoms with E-state index in [4.69, 9.17) is 8.83 Å². The Kier molecular flexibility index (Phi) is 15.6. The van der Waals surface area contributed by atoms with Gasteiger partial charge in [-0.2, -0.15) is 0 Å². The van der Waals surface area contributed by atoms with Crippen molar-refractivity contribution in [2.75, 3.05) is 9.80 Å². The van der Waals surface area contributed by atoms with Crippen LogP contribution < -0.4 is 26.2 Å². The third-order valence-corrected chi connectivity index (χ3v) is 23.9. The van der Waals surface area contributed by atoms with Gasteiger partial charge in [0.25, 0.3) is 6.71 Å². The first kappa shape index (κ1) is 68.6. The van der Waals surface area contributed by atoms with Crippen LogP contribution in [0, 0.1) is 0 Å². The Hall–Kier alpha value is -12.6. The summed E-state index contributed by atoms with van der Waals surface area (Å²) in [5.74, 6) is 0. The molecule has 6 heteroatoms. The van der Waals surface area contributed by atoms with Crippen molar-refractivity contribution in [2.45, 2.75) is 105 Å². The largest absolute Gasteiger partial charge is 0.456 e. The molecule has 5 nitrogen and oxygen atoms in total. The number of para-hydroxylation sites is 4. The van der Waals surface area contributed by atoms with Gasteiger partial charge in [-0.05, 0) is 189 Å². The molecule has 2 aliphatic heterocycles. The van der Waals surface area contributed by atoms with E-state index in [0.29, 0.717) is 0 Å². The molecule has 2 aliphatic rings. The van der Waals surface area contributed by atoms with Gasteiger partial charge in [0.15, 0.2) is 0 Å². The van der Waals surface area contributed by atoms with E-state index >= 15 is 0 Å². The summed E-state index contributed by atoms with van der Waals surface area (Å²) in [6.07, 6.45) is 0. The van der Waals surface area contributed by atoms with Crippen LogP contribution in [-0.2, 0) is 21.7 Å². The van der Waals surface area contributed by atoms with Crippen molar-refractivity contribution in [2.24, 2.45) is 0 Å². The van der Waals surface area contributed by atoms with Crippen molar-refractivity contribution < 1.29 is 8.83 Å². The van der Waals surface area contributed by atoms with Gasteiger partial charge in [-0.3, -0.25) is 0 Å². The van der Waals surface area contributed by atoms with Crippen molar-refractivity contribution in [1.29, 1.82) is 0 Å². The zero-order valence-corrected chi connectivity index (χ0v) is 65.8. The smallest absolute Gasteiger partial charge is 0.261 e. The zero-order chi connectivity index (χ0) is 76.4. The summed E-state index contributed by atoms with van der Waals surface area (Å²) in [7, 11) is 0. The molecule has 0 radical (unpaired) electrons. The SMILES string of the molecule is CC(C)(C)c1cc(-c2cc3c(c4oc5ccccc5c24)B2c4c(cc(-n5c6ccc(-c7ccccc7)cc6c6cc(-c7ccccc7)ccc65)cc4N(c4ccccc4-c4ccccc4)c4cc(-c5cc(C(C)(C)C)cc(C(C)(C)C)c5)c5c(oc6ccccc65)c42)N3c2ccccc2-c2ccccc2)cc(C(C)(C)C)c1. The summed E-state index contributed by atoms with van der Waals surface area (Å²) >= 11 is 0. The highest BCUT2D eigenvalue weighted by molar-refractivity contribution is 7.03. The number of anilines is 6. The number of aromatic nitrogens is 1. The maximum Gasteiger partial charge on any atom is 0.261 e. The van der Waals surface area contributed by atoms with Gasteiger partial charge in [-0.15, -0.1) is 0 Å². The first-order valence-electron chi connectivity index (χ1n) is 39.6. The monoisotopic (exact) mass is 1450 g/mol. The van der Waals surface area contributed by atoms with Crippen LogP contribution in [0.4, 0.5) is 34.1 Å². The number of furan rings is 2. The summed E-state index contributed by atoms with van der Waals surface area (Å²) in [6.45, 7) is 27.7. The predicted molar refractivity (Wildman–Crippen MR) is 477 cm³/mol. The van der Waals surface area contributed by atoms with Gasteiger partial charge < -0.3 is 23.2 Å². The van der Waals surface area contributed by atoms with Crippen LogP contribution in [0.3, 0.4) is 0 Å². The van der Waals surface area contributed by atoms with E-state index in [2.05, 4.69) is 413 Å². The van der Waals surface area contributed by atoms with Gasteiger partial charge in [-0.25, -0.2) is 0 Å². The summed E-state index contributed by atoms with van der Waals surface area (Å²) in [5, 5.41) is 6.63. The van der Waals surface area contributed by atoms with Crippen LogP contribution in [0.2, 0.25) is 0 Å². The molecule has 3 aromatic heterocycles. The second-order valence-electron chi connectivity index (χ2n) is 35.2. The number of fused-ring (bicyclic) bond motifs is 15. The Morgan fingerprint density at radius 3 is 0.946 bits per heavy atom. The highest BCUT2D eigenvalue weighted by atomic mass is 16.3. The van der Waals surface area contributed by atoms with Gasteiger partial charge in [0.05, 0.1) is 28.1 Å². The van der Waals surface area contributed by atoms with Crippen LogP contribution in [-0.4, -0.2) is 11.3 Å². The van der Waals surface area contributed by atoms with Crippen LogP contribution in [0.15, 0.2) is 324 Å². The molecular formula is C106H88BN3O2. The fraction of sp³-hybridized carbons (Fsp3) is 0.151. The molecule has 0 N–H and O–H groups in total. The second kappa shape index (κ2) is 25.5. The maximum absolute atomic E-state index is 7.96. The minimum absolute atomic E-state index is 0.177. The van der Waals surface area contributed by atoms with E-state index in [1.165, 1.54) is 44.2 Å². The molecule has 5 heterocycles. The van der Waals surface area contributed by atoms with E-state index in [9.17, 15) is 0 Å². The maximum atomic E-state index is 7.96. The average Bonchev–Trinajstić information content (AvgIpc) is 1.07. The lowest BCUT2D eigenvalue weighted by atomic mass is 9.33. The number of rotatable bonds is 9. The summed E-state index contributed by atoms with van der Waals surface area (Å²) in [4.78, 5) is 5.28. The van der Waals surface area contributed by atoms with Gasteiger partial charge in [-0.1, -0.05) is 326 Å². The molecule has 15 aromatic carbocycles.